The van der Waals surface area contributed by atoms with Crippen LogP contribution in [-0.4, -0.2) is 29.7 Å². The minimum atomic E-state index is -0.783. The van der Waals surface area contributed by atoms with Crippen molar-refractivity contribution in [3.63, 3.8) is 0 Å². The highest BCUT2D eigenvalue weighted by atomic mass is 16.4. The van der Waals surface area contributed by atoms with Crippen LogP contribution in [0.5, 0.6) is 0 Å². The normalized spacial score (nSPS) is 19.1. The van der Waals surface area contributed by atoms with E-state index in [1.54, 1.807) is 0 Å². The Bertz CT molecular complexity index is 295. The van der Waals surface area contributed by atoms with Crippen molar-refractivity contribution < 1.29 is 14.7 Å². The first-order chi connectivity index (χ1) is 8.46. The summed E-state index contributed by atoms with van der Waals surface area (Å²) in [5.41, 5.74) is -0.773. The van der Waals surface area contributed by atoms with Gasteiger partial charge in [0, 0.05) is 12.6 Å². The van der Waals surface area contributed by atoms with Crippen molar-refractivity contribution >= 4 is 12.0 Å². The maximum Gasteiger partial charge on any atom is 0.315 e. The standard InChI is InChI=1S/C13H24N2O3/c1-10(2)15-12(18)14-9-13(11(16)17)7-5-3-4-6-8-13/h10H,3-9H2,1-2H3,(H,16,17)(H2,14,15,18). The van der Waals surface area contributed by atoms with Gasteiger partial charge in [-0.2, -0.15) is 0 Å². The van der Waals surface area contributed by atoms with Crippen LogP contribution in [0.3, 0.4) is 0 Å². The number of carbonyl (C=O) groups is 2. The van der Waals surface area contributed by atoms with E-state index in [1.807, 2.05) is 13.8 Å². The highest BCUT2D eigenvalue weighted by Crippen LogP contribution is 2.34. The third kappa shape index (κ3) is 4.20. The molecule has 1 saturated carbocycles. The molecule has 0 radical (unpaired) electrons. The lowest BCUT2D eigenvalue weighted by molar-refractivity contribution is -0.149. The lowest BCUT2D eigenvalue weighted by Gasteiger charge is -2.28. The molecule has 0 unspecified atom stereocenters. The molecule has 1 aliphatic carbocycles. The maximum atomic E-state index is 11.5. The average Bonchev–Trinajstić information content (AvgIpc) is 2.51. The van der Waals surface area contributed by atoms with E-state index in [4.69, 9.17) is 0 Å². The SMILES string of the molecule is CC(C)NC(=O)NCC1(C(=O)O)CCCCCC1. The predicted molar refractivity (Wildman–Crippen MR) is 69.4 cm³/mol. The summed E-state index contributed by atoms with van der Waals surface area (Å²) >= 11 is 0. The molecule has 0 aliphatic heterocycles. The van der Waals surface area contributed by atoms with E-state index in [0.717, 1.165) is 25.7 Å². The highest BCUT2D eigenvalue weighted by Gasteiger charge is 2.38. The molecule has 0 aromatic rings. The summed E-state index contributed by atoms with van der Waals surface area (Å²) in [7, 11) is 0. The Morgan fingerprint density at radius 3 is 2.17 bits per heavy atom. The summed E-state index contributed by atoms with van der Waals surface area (Å²) < 4.78 is 0. The Kier molecular flexibility index (Phi) is 5.44. The molecule has 18 heavy (non-hydrogen) atoms. The van der Waals surface area contributed by atoms with Gasteiger partial charge in [-0.25, -0.2) is 4.79 Å². The van der Waals surface area contributed by atoms with Gasteiger partial charge in [-0.15, -0.1) is 0 Å². The summed E-state index contributed by atoms with van der Waals surface area (Å²) in [6.45, 7) is 3.97. The topological polar surface area (TPSA) is 78.4 Å². The number of hydrogen-bond donors (Lipinski definition) is 3. The van der Waals surface area contributed by atoms with Gasteiger partial charge in [0.25, 0.3) is 0 Å². The van der Waals surface area contributed by atoms with E-state index in [9.17, 15) is 14.7 Å². The zero-order valence-electron chi connectivity index (χ0n) is 11.3. The lowest BCUT2D eigenvalue weighted by atomic mass is 9.80. The monoisotopic (exact) mass is 256 g/mol. The number of amides is 2. The summed E-state index contributed by atoms with van der Waals surface area (Å²) in [5.74, 6) is -0.783. The van der Waals surface area contributed by atoms with Gasteiger partial charge < -0.3 is 15.7 Å². The van der Waals surface area contributed by atoms with E-state index in [0.29, 0.717) is 12.8 Å². The molecule has 104 valence electrons. The van der Waals surface area contributed by atoms with Crippen LogP contribution in [0.2, 0.25) is 0 Å². The third-order valence-corrected chi connectivity index (χ3v) is 3.52. The number of carboxylic acid groups (broad SMARTS) is 1. The Balaban J connectivity index is 2.57. The Labute approximate surface area is 108 Å². The first-order valence-electron chi connectivity index (χ1n) is 6.74. The van der Waals surface area contributed by atoms with Crippen LogP contribution in [0.25, 0.3) is 0 Å². The second-order valence-corrected chi connectivity index (χ2v) is 5.48. The summed E-state index contributed by atoms with van der Waals surface area (Å²) in [4.78, 5) is 23.0. The fraction of sp³-hybridized carbons (Fsp3) is 0.846. The van der Waals surface area contributed by atoms with E-state index < -0.39 is 11.4 Å². The minimum Gasteiger partial charge on any atom is -0.481 e. The Morgan fingerprint density at radius 1 is 1.17 bits per heavy atom. The zero-order chi connectivity index (χ0) is 13.6. The molecule has 0 bridgehead atoms. The predicted octanol–water partition coefficient (Wildman–Crippen LogP) is 2.12. The van der Waals surface area contributed by atoms with Gasteiger partial charge in [0.05, 0.1) is 5.41 Å². The summed E-state index contributed by atoms with van der Waals surface area (Å²) in [6.07, 6.45) is 5.36. The van der Waals surface area contributed by atoms with E-state index in [-0.39, 0.29) is 18.6 Å². The number of carbonyl (C=O) groups excluding carboxylic acids is 1. The zero-order valence-corrected chi connectivity index (χ0v) is 11.3. The second kappa shape index (κ2) is 6.61. The van der Waals surface area contributed by atoms with Crippen LogP contribution in [0.4, 0.5) is 4.79 Å². The lowest BCUT2D eigenvalue weighted by Crippen LogP contribution is -2.47. The molecule has 0 saturated heterocycles. The van der Waals surface area contributed by atoms with Crippen molar-refractivity contribution in [1.82, 2.24) is 10.6 Å². The molecule has 5 heteroatoms. The van der Waals surface area contributed by atoms with Crippen molar-refractivity contribution in [2.24, 2.45) is 5.41 Å². The van der Waals surface area contributed by atoms with Gasteiger partial charge in [0.15, 0.2) is 0 Å². The Hall–Kier alpha value is -1.26. The molecular formula is C13H24N2O3. The molecular weight excluding hydrogens is 232 g/mol. The molecule has 1 rings (SSSR count). The van der Waals surface area contributed by atoms with Crippen LogP contribution >= 0.6 is 0 Å². The average molecular weight is 256 g/mol. The quantitative estimate of drug-likeness (QED) is 0.674. The van der Waals surface area contributed by atoms with Gasteiger partial charge in [0.1, 0.15) is 0 Å². The number of carboxylic acids is 1. The number of hydrogen-bond acceptors (Lipinski definition) is 2. The fourth-order valence-electron chi connectivity index (χ4n) is 2.43. The van der Waals surface area contributed by atoms with Crippen LogP contribution in [0.1, 0.15) is 52.4 Å². The molecule has 3 N–H and O–H groups in total. The smallest absolute Gasteiger partial charge is 0.315 e. The number of rotatable bonds is 4. The maximum absolute atomic E-state index is 11.5. The summed E-state index contributed by atoms with van der Waals surface area (Å²) in [5, 5.41) is 14.9. The molecule has 5 nitrogen and oxygen atoms in total. The van der Waals surface area contributed by atoms with Gasteiger partial charge in [-0.05, 0) is 26.7 Å². The van der Waals surface area contributed by atoms with Crippen LogP contribution in [0.15, 0.2) is 0 Å². The van der Waals surface area contributed by atoms with E-state index in [1.165, 1.54) is 0 Å². The molecule has 0 atom stereocenters. The van der Waals surface area contributed by atoms with Crippen molar-refractivity contribution in [3.8, 4) is 0 Å². The van der Waals surface area contributed by atoms with Crippen molar-refractivity contribution in [2.45, 2.75) is 58.4 Å². The molecule has 1 aliphatic rings. The molecule has 2 amide bonds. The fourth-order valence-corrected chi connectivity index (χ4v) is 2.43. The first-order valence-corrected chi connectivity index (χ1v) is 6.74. The minimum absolute atomic E-state index is 0.0555. The second-order valence-electron chi connectivity index (χ2n) is 5.48. The first kappa shape index (κ1) is 14.8. The largest absolute Gasteiger partial charge is 0.481 e. The highest BCUT2D eigenvalue weighted by molar-refractivity contribution is 5.78. The van der Waals surface area contributed by atoms with Crippen LogP contribution in [-0.2, 0) is 4.79 Å². The number of urea groups is 1. The number of nitrogens with one attached hydrogen (secondary N) is 2. The van der Waals surface area contributed by atoms with Gasteiger partial charge in [-0.3, -0.25) is 4.79 Å². The summed E-state index contributed by atoms with van der Waals surface area (Å²) in [6, 6.07) is -0.227. The van der Waals surface area contributed by atoms with Crippen LogP contribution < -0.4 is 10.6 Å². The van der Waals surface area contributed by atoms with Gasteiger partial charge in [0.2, 0.25) is 0 Å². The Morgan fingerprint density at radius 2 is 1.72 bits per heavy atom. The van der Waals surface area contributed by atoms with Crippen molar-refractivity contribution in [1.29, 1.82) is 0 Å². The van der Waals surface area contributed by atoms with Crippen LogP contribution in [0, 0.1) is 5.41 Å². The van der Waals surface area contributed by atoms with Crippen molar-refractivity contribution in [2.75, 3.05) is 6.54 Å². The molecule has 1 fully saturated rings. The molecule has 0 aromatic heterocycles. The van der Waals surface area contributed by atoms with Gasteiger partial charge in [-0.1, -0.05) is 25.7 Å². The molecule has 0 aromatic carbocycles. The molecule has 0 spiro atoms. The van der Waals surface area contributed by atoms with Crippen molar-refractivity contribution in [3.05, 3.63) is 0 Å². The van der Waals surface area contributed by atoms with E-state index >= 15 is 0 Å². The molecule has 0 heterocycles. The van der Waals surface area contributed by atoms with Gasteiger partial charge >= 0.3 is 12.0 Å². The third-order valence-electron chi connectivity index (χ3n) is 3.52. The van der Waals surface area contributed by atoms with E-state index in [2.05, 4.69) is 10.6 Å². The number of aliphatic carboxylic acids is 1.